The number of hydrogen-bond donors (Lipinski definition) is 3. The van der Waals surface area contributed by atoms with Crippen LogP contribution in [0, 0.1) is 11.6 Å². The minimum atomic E-state index is -0.604. The minimum Gasteiger partial charge on any atom is -0.352 e. The Hall–Kier alpha value is -1.69. The molecule has 1 unspecified atom stereocenters. The number of carbonyl (C=O) groups excluding carboxylic acids is 1. The van der Waals surface area contributed by atoms with Crippen molar-refractivity contribution in [3.8, 4) is 0 Å². The Morgan fingerprint density at radius 1 is 1.41 bits per heavy atom. The lowest BCUT2D eigenvalue weighted by Crippen LogP contribution is -2.36. The number of hydrogen-bond acceptors (Lipinski definition) is 2. The molecule has 94 valence electrons. The third-order valence-corrected chi connectivity index (χ3v) is 2.30. The van der Waals surface area contributed by atoms with Crippen LogP contribution in [-0.2, 0) is 0 Å². The van der Waals surface area contributed by atoms with Crippen molar-refractivity contribution in [3.05, 3.63) is 35.4 Å². The molecule has 4 N–H and O–H groups in total. The van der Waals surface area contributed by atoms with Crippen molar-refractivity contribution in [2.24, 2.45) is 5.73 Å². The zero-order chi connectivity index (χ0) is 12.8. The summed E-state index contributed by atoms with van der Waals surface area (Å²) in [6.07, 6.45) is 0. The van der Waals surface area contributed by atoms with Crippen LogP contribution in [-0.4, -0.2) is 19.1 Å². The van der Waals surface area contributed by atoms with Crippen LogP contribution < -0.4 is 16.4 Å². The number of nitrogens with two attached hydrogens (primary N) is 1. The van der Waals surface area contributed by atoms with Gasteiger partial charge in [-0.3, -0.25) is 0 Å². The molecule has 0 aliphatic rings. The van der Waals surface area contributed by atoms with E-state index in [4.69, 9.17) is 5.73 Å². The van der Waals surface area contributed by atoms with Crippen molar-refractivity contribution in [1.82, 2.24) is 10.6 Å². The Labute approximate surface area is 98.2 Å². The quantitative estimate of drug-likeness (QED) is 0.682. The number of primary amides is 1. The fourth-order valence-electron chi connectivity index (χ4n) is 1.44. The van der Waals surface area contributed by atoms with Crippen LogP contribution in [0.25, 0.3) is 0 Å². The van der Waals surface area contributed by atoms with E-state index in [0.29, 0.717) is 18.7 Å². The van der Waals surface area contributed by atoms with Crippen LogP contribution >= 0.6 is 0 Å². The zero-order valence-corrected chi connectivity index (χ0v) is 9.47. The molecular weight excluding hydrogens is 228 g/mol. The van der Waals surface area contributed by atoms with Gasteiger partial charge in [-0.25, -0.2) is 13.6 Å². The Kier molecular flexibility index (Phi) is 4.84. The molecule has 0 aliphatic heterocycles. The van der Waals surface area contributed by atoms with E-state index in [1.807, 2.05) is 0 Å². The number of urea groups is 1. The summed E-state index contributed by atoms with van der Waals surface area (Å²) in [6.45, 7) is 2.55. The second kappa shape index (κ2) is 6.15. The Morgan fingerprint density at radius 2 is 2.12 bits per heavy atom. The highest BCUT2D eigenvalue weighted by atomic mass is 19.1. The van der Waals surface area contributed by atoms with Gasteiger partial charge in [0.25, 0.3) is 0 Å². The monoisotopic (exact) mass is 243 g/mol. The molecule has 0 radical (unpaired) electrons. The molecular formula is C11H15F2N3O. The number of rotatable bonds is 5. The summed E-state index contributed by atoms with van der Waals surface area (Å²) in [5.41, 5.74) is 5.26. The molecule has 0 aliphatic carbocycles. The van der Waals surface area contributed by atoms with Crippen LogP contribution in [0.15, 0.2) is 18.2 Å². The molecule has 0 bridgehead atoms. The molecule has 1 atom stereocenters. The fraction of sp³-hybridized carbons (Fsp3) is 0.364. The maximum atomic E-state index is 13.4. The summed E-state index contributed by atoms with van der Waals surface area (Å²) in [6, 6.07) is 2.56. The van der Waals surface area contributed by atoms with Crippen molar-refractivity contribution in [2.75, 3.05) is 13.1 Å². The second-order valence-electron chi connectivity index (χ2n) is 3.63. The molecule has 0 spiro atoms. The van der Waals surface area contributed by atoms with E-state index in [1.165, 1.54) is 12.1 Å². The normalized spacial score (nSPS) is 12.2. The molecule has 1 rings (SSSR count). The highest BCUT2D eigenvalue weighted by molar-refractivity contribution is 5.71. The van der Waals surface area contributed by atoms with Gasteiger partial charge in [0.2, 0.25) is 0 Å². The number of nitrogens with one attached hydrogen (secondary N) is 2. The Bertz CT molecular complexity index is 398. The third kappa shape index (κ3) is 4.36. The first-order valence-corrected chi connectivity index (χ1v) is 5.22. The van der Waals surface area contributed by atoms with Crippen molar-refractivity contribution in [2.45, 2.75) is 13.0 Å². The zero-order valence-electron chi connectivity index (χ0n) is 9.47. The lowest BCUT2D eigenvalue weighted by molar-refractivity contribution is 0.249. The number of halogens is 2. The standard InChI is InChI=1S/C11H15F2N3O/c1-7(15-4-5-16-11(14)17)9-3-2-8(12)6-10(9)13/h2-3,6-7,15H,4-5H2,1H3,(H3,14,16,17). The largest absolute Gasteiger partial charge is 0.352 e. The Balaban J connectivity index is 2.46. The van der Waals surface area contributed by atoms with E-state index in [1.54, 1.807) is 6.92 Å². The van der Waals surface area contributed by atoms with Gasteiger partial charge in [-0.2, -0.15) is 0 Å². The SMILES string of the molecule is CC(NCCNC(N)=O)c1ccc(F)cc1F. The molecule has 0 saturated carbocycles. The number of amides is 2. The summed E-state index contributed by atoms with van der Waals surface area (Å²) in [5, 5.41) is 5.38. The first-order chi connectivity index (χ1) is 8.00. The topological polar surface area (TPSA) is 67.2 Å². The van der Waals surface area contributed by atoms with Crippen LogP contribution in [0.4, 0.5) is 13.6 Å². The highest BCUT2D eigenvalue weighted by Gasteiger charge is 2.10. The third-order valence-electron chi connectivity index (χ3n) is 2.30. The van der Waals surface area contributed by atoms with Gasteiger partial charge >= 0.3 is 6.03 Å². The summed E-state index contributed by atoms with van der Waals surface area (Å²) >= 11 is 0. The van der Waals surface area contributed by atoms with Gasteiger partial charge in [0, 0.05) is 30.8 Å². The predicted molar refractivity (Wildman–Crippen MR) is 60.4 cm³/mol. The molecule has 2 amide bonds. The average molecular weight is 243 g/mol. The molecule has 1 aromatic carbocycles. The van der Waals surface area contributed by atoms with E-state index in [2.05, 4.69) is 10.6 Å². The molecule has 6 heteroatoms. The van der Waals surface area contributed by atoms with E-state index in [0.717, 1.165) is 6.07 Å². The van der Waals surface area contributed by atoms with Crippen molar-refractivity contribution in [1.29, 1.82) is 0 Å². The van der Waals surface area contributed by atoms with E-state index < -0.39 is 17.7 Å². The molecule has 0 aromatic heterocycles. The van der Waals surface area contributed by atoms with Gasteiger partial charge in [-0.15, -0.1) is 0 Å². The summed E-state index contributed by atoms with van der Waals surface area (Å²) in [7, 11) is 0. The van der Waals surface area contributed by atoms with Crippen LogP contribution in [0.3, 0.4) is 0 Å². The maximum Gasteiger partial charge on any atom is 0.312 e. The second-order valence-corrected chi connectivity index (χ2v) is 3.63. The molecule has 1 aromatic rings. The van der Waals surface area contributed by atoms with Crippen LogP contribution in [0.2, 0.25) is 0 Å². The van der Waals surface area contributed by atoms with Gasteiger partial charge in [0.15, 0.2) is 0 Å². The fourth-order valence-corrected chi connectivity index (χ4v) is 1.44. The first kappa shape index (κ1) is 13.4. The van der Waals surface area contributed by atoms with Crippen molar-refractivity contribution >= 4 is 6.03 Å². The highest BCUT2D eigenvalue weighted by Crippen LogP contribution is 2.17. The van der Waals surface area contributed by atoms with E-state index in [9.17, 15) is 13.6 Å². The average Bonchev–Trinajstić information content (AvgIpc) is 2.23. The Morgan fingerprint density at radius 3 is 2.71 bits per heavy atom. The molecule has 0 heterocycles. The van der Waals surface area contributed by atoms with Gasteiger partial charge in [0.1, 0.15) is 11.6 Å². The molecule has 0 fully saturated rings. The number of benzene rings is 1. The van der Waals surface area contributed by atoms with E-state index >= 15 is 0 Å². The van der Waals surface area contributed by atoms with Crippen molar-refractivity contribution < 1.29 is 13.6 Å². The lowest BCUT2D eigenvalue weighted by atomic mass is 10.1. The van der Waals surface area contributed by atoms with Gasteiger partial charge in [-0.05, 0) is 13.0 Å². The van der Waals surface area contributed by atoms with Crippen LogP contribution in [0.1, 0.15) is 18.5 Å². The summed E-state index contributed by atoms with van der Waals surface area (Å²) in [4.78, 5) is 10.4. The van der Waals surface area contributed by atoms with Crippen molar-refractivity contribution in [3.63, 3.8) is 0 Å². The van der Waals surface area contributed by atoms with Crippen LogP contribution in [0.5, 0.6) is 0 Å². The lowest BCUT2D eigenvalue weighted by Gasteiger charge is -2.15. The maximum absolute atomic E-state index is 13.4. The minimum absolute atomic E-state index is 0.273. The summed E-state index contributed by atoms with van der Waals surface area (Å²) in [5.74, 6) is -1.19. The molecule has 0 saturated heterocycles. The van der Waals surface area contributed by atoms with Gasteiger partial charge < -0.3 is 16.4 Å². The summed E-state index contributed by atoms with van der Waals surface area (Å²) < 4.78 is 26.1. The van der Waals surface area contributed by atoms with Gasteiger partial charge in [0.05, 0.1) is 0 Å². The predicted octanol–water partition coefficient (Wildman–Crippen LogP) is 1.28. The smallest absolute Gasteiger partial charge is 0.312 e. The van der Waals surface area contributed by atoms with Gasteiger partial charge in [-0.1, -0.05) is 6.07 Å². The molecule has 17 heavy (non-hydrogen) atoms. The van der Waals surface area contributed by atoms with E-state index in [-0.39, 0.29) is 6.04 Å². The molecule has 4 nitrogen and oxygen atoms in total. The first-order valence-electron chi connectivity index (χ1n) is 5.22. The number of carbonyl (C=O) groups is 1.